The minimum Gasteiger partial charge on any atom is -0.324 e. The van der Waals surface area contributed by atoms with Gasteiger partial charge >= 0.3 is 0 Å². The lowest BCUT2D eigenvalue weighted by atomic mass is 10.0. The van der Waals surface area contributed by atoms with Crippen LogP contribution in [-0.4, -0.2) is 30.7 Å². The van der Waals surface area contributed by atoms with E-state index >= 15 is 0 Å². The number of quaternary nitrogens is 1. The van der Waals surface area contributed by atoms with Gasteiger partial charge in [0.15, 0.2) is 0 Å². The molecule has 0 radical (unpaired) electrons. The summed E-state index contributed by atoms with van der Waals surface area (Å²) in [6, 6.07) is 0. The second kappa shape index (κ2) is 22.6. The van der Waals surface area contributed by atoms with E-state index < -0.39 is 0 Å². The zero-order valence-corrected chi connectivity index (χ0v) is 21.4. The highest BCUT2D eigenvalue weighted by molar-refractivity contribution is 4.51. The Hall–Kier alpha value is -0.0400. The summed E-state index contributed by atoms with van der Waals surface area (Å²) in [7, 11) is 0. The van der Waals surface area contributed by atoms with E-state index in [1.807, 2.05) is 0 Å². The fraction of sp³-hybridized carbons (Fsp3) is 1.00. The van der Waals surface area contributed by atoms with Crippen LogP contribution in [0.5, 0.6) is 0 Å². The second-order valence-electron chi connectivity index (χ2n) is 9.89. The van der Waals surface area contributed by atoms with Gasteiger partial charge in [-0.05, 0) is 32.1 Å². The van der Waals surface area contributed by atoms with Crippen LogP contribution in [0.1, 0.15) is 156 Å². The van der Waals surface area contributed by atoms with Crippen LogP contribution in [0, 0.1) is 0 Å². The predicted octanol–water partition coefficient (Wildman–Crippen LogP) is 9.68. The minimum absolute atomic E-state index is 1.35. The van der Waals surface area contributed by atoms with E-state index in [0.717, 1.165) is 0 Å². The SMILES string of the molecule is CCCCCCCCCCCCCCCCCCC[N+](CCC)(CCC)CCC. The molecule has 0 aliphatic heterocycles. The Labute approximate surface area is 187 Å². The van der Waals surface area contributed by atoms with E-state index in [1.165, 1.54) is 159 Å². The molecule has 0 atom stereocenters. The summed E-state index contributed by atoms with van der Waals surface area (Å²) >= 11 is 0. The third-order valence-corrected chi connectivity index (χ3v) is 6.83. The fourth-order valence-electron chi connectivity index (χ4n) is 5.27. The van der Waals surface area contributed by atoms with Gasteiger partial charge in [0.2, 0.25) is 0 Å². The first-order valence-electron chi connectivity index (χ1n) is 14.1. The summed E-state index contributed by atoms with van der Waals surface area (Å²) in [5, 5.41) is 0. The molecular formula is C28H60N+. The molecule has 0 unspecified atom stereocenters. The van der Waals surface area contributed by atoms with Crippen molar-refractivity contribution in [2.75, 3.05) is 26.2 Å². The maximum absolute atomic E-state index is 2.37. The van der Waals surface area contributed by atoms with Gasteiger partial charge in [0.05, 0.1) is 26.2 Å². The van der Waals surface area contributed by atoms with Crippen molar-refractivity contribution in [2.45, 2.75) is 156 Å². The van der Waals surface area contributed by atoms with Crippen molar-refractivity contribution in [1.82, 2.24) is 0 Å². The third kappa shape index (κ3) is 18.4. The van der Waals surface area contributed by atoms with Crippen molar-refractivity contribution in [3.63, 3.8) is 0 Å². The van der Waals surface area contributed by atoms with Crippen LogP contribution in [0.15, 0.2) is 0 Å². The average Bonchev–Trinajstić information content (AvgIpc) is 2.71. The molecule has 0 heterocycles. The molecule has 0 spiro atoms. The van der Waals surface area contributed by atoms with E-state index in [2.05, 4.69) is 27.7 Å². The number of hydrogen-bond donors (Lipinski definition) is 0. The number of nitrogens with zero attached hydrogens (tertiary/aromatic N) is 1. The summed E-state index contributed by atoms with van der Waals surface area (Å²) in [6.07, 6.45) is 29.0. The van der Waals surface area contributed by atoms with Crippen molar-refractivity contribution in [1.29, 1.82) is 0 Å². The van der Waals surface area contributed by atoms with Crippen LogP contribution in [0.2, 0.25) is 0 Å². The molecule has 0 aromatic carbocycles. The molecule has 176 valence electrons. The molecule has 29 heavy (non-hydrogen) atoms. The molecule has 0 aromatic heterocycles. The Balaban J connectivity index is 3.43. The van der Waals surface area contributed by atoms with Gasteiger partial charge < -0.3 is 4.48 Å². The first kappa shape index (κ1) is 29.0. The molecule has 0 amide bonds. The van der Waals surface area contributed by atoms with E-state index in [-0.39, 0.29) is 0 Å². The van der Waals surface area contributed by atoms with E-state index in [1.54, 1.807) is 0 Å². The summed E-state index contributed by atoms with van der Waals surface area (Å²) in [5.41, 5.74) is 0. The smallest absolute Gasteiger partial charge is 0.0786 e. The molecule has 0 N–H and O–H groups in total. The van der Waals surface area contributed by atoms with Crippen molar-refractivity contribution < 1.29 is 4.48 Å². The Morgan fingerprint density at radius 1 is 0.276 bits per heavy atom. The van der Waals surface area contributed by atoms with Crippen molar-refractivity contribution in [3.8, 4) is 0 Å². The van der Waals surface area contributed by atoms with Crippen LogP contribution in [0.4, 0.5) is 0 Å². The molecule has 0 bridgehead atoms. The predicted molar refractivity (Wildman–Crippen MR) is 135 cm³/mol. The lowest BCUT2D eigenvalue weighted by Gasteiger charge is -2.38. The molecule has 0 rings (SSSR count). The fourth-order valence-corrected chi connectivity index (χ4v) is 5.27. The highest BCUT2D eigenvalue weighted by atomic mass is 15.3. The summed E-state index contributed by atoms with van der Waals surface area (Å²) in [5.74, 6) is 0. The second-order valence-corrected chi connectivity index (χ2v) is 9.89. The van der Waals surface area contributed by atoms with Gasteiger partial charge in [-0.2, -0.15) is 0 Å². The molecule has 0 saturated heterocycles. The van der Waals surface area contributed by atoms with Crippen LogP contribution < -0.4 is 0 Å². The van der Waals surface area contributed by atoms with E-state index in [4.69, 9.17) is 0 Å². The first-order valence-corrected chi connectivity index (χ1v) is 14.1. The van der Waals surface area contributed by atoms with Crippen LogP contribution in [0.3, 0.4) is 0 Å². The lowest BCUT2D eigenvalue weighted by Crippen LogP contribution is -2.50. The largest absolute Gasteiger partial charge is 0.324 e. The standard InChI is InChI=1S/C28H60N/c1-5-9-10-11-12-13-14-15-16-17-18-19-20-21-22-23-24-28-29(25-6-2,26-7-3)27-8-4/h5-28H2,1-4H3/q+1. The Kier molecular flexibility index (Phi) is 22.6. The minimum atomic E-state index is 1.35. The normalized spacial score (nSPS) is 12.0. The van der Waals surface area contributed by atoms with Gasteiger partial charge in [-0.1, -0.05) is 124 Å². The molecular weight excluding hydrogens is 350 g/mol. The highest BCUT2D eigenvalue weighted by Gasteiger charge is 2.23. The number of hydrogen-bond acceptors (Lipinski definition) is 0. The Morgan fingerprint density at radius 2 is 0.552 bits per heavy atom. The monoisotopic (exact) mass is 410 g/mol. The maximum Gasteiger partial charge on any atom is 0.0786 e. The van der Waals surface area contributed by atoms with Crippen LogP contribution in [-0.2, 0) is 0 Å². The van der Waals surface area contributed by atoms with Gasteiger partial charge in [0.1, 0.15) is 0 Å². The van der Waals surface area contributed by atoms with Crippen molar-refractivity contribution >= 4 is 0 Å². The summed E-state index contributed by atoms with van der Waals surface area (Å²) < 4.78 is 1.40. The van der Waals surface area contributed by atoms with Gasteiger partial charge in [-0.15, -0.1) is 0 Å². The zero-order chi connectivity index (χ0) is 21.5. The van der Waals surface area contributed by atoms with Crippen molar-refractivity contribution in [2.24, 2.45) is 0 Å². The molecule has 0 fully saturated rings. The molecule has 1 nitrogen and oxygen atoms in total. The van der Waals surface area contributed by atoms with E-state index in [0.29, 0.717) is 0 Å². The lowest BCUT2D eigenvalue weighted by molar-refractivity contribution is -0.928. The molecule has 0 saturated carbocycles. The summed E-state index contributed by atoms with van der Waals surface area (Å²) in [6.45, 7) is 15.1. The van der Waals surface area contributed by atoms with Crippen molar-refractivity contribution in [3.05, 3.63) is 0 Å². The van der Waals surface area contributed by atoms with Crippen LogP contribution in [0.25, 0.3) is 0 Å². The van der Waals surface area contributed by atoms with Gasteiger partial charge in [0.25, 0.3) is 0 Å². The quantitative estimate of drug-likeness (QED) is 0.110. The average molecular weight is 411 g/mol. The Bertz CT molecular complexity index is 282. The van der Waals surface area contributed by atoms with E-state index in [9.17, 15) is 0 Å². The molecule has 0 aliphatic rings. The van der Waals surface area contributed by atoms with Gasteiger partial charge in [0, 0.05) is 0 Å². The number of unbranched alkanes of at least 4 members (excludes halogenated alkanes) is 16. The molecule has 0 aromatic rings. The van der Waals surface area contributed by atoms with Crippen LogP contribution >= 0.6 is 0 Å². The maximum atomic E-state index is 2.37. The van der Waals surface area contributed by atoms with Gasteiger partial charge in [-0.25, -0.2) is 0 Å². The summed E-state index contributed by atoms with van der Waals surface area (Å²) in [4.78, 5) is 0. The molecule has 0 aliphatic carbocycles. The zero-order valence-electron chi connectivity index (χ0n) is 21.4. The number of rotatable bonds is 24. The Morgan fingerprint density at radius 3 is 0.828 bits per heavy atom. The first-order chi connectivity index (χ1) is 14.2. The van der Waals surface area contributed by atoms with Gasteiger partial charge in [-0.3, -0.25) is 0 Å². The third-order valence-electron chi connectivity index (χ3n) is 6.83. The molecule has 1 heteroatoms. The topological polar surface area (TPSA) is 0 Å². The highest BCUT2D eigenvalue weighted by Crippen LogP contribution is 2.17.